The Balaban J connectivity index is 0.00000106. The van der Waals surface area contributed by atoms with Gasteiger partial charge in [-0.2, -0.15) is 0 Å². The third kappa shape index (κ3) is 4.42. The average molecular weight is 229 g/mol. The van der Waals surface area contributed by atoms with Crippen LogP contribution in [-0.2, 0) is 4.74 Å². The highest BCUT2D eigenvalue weighted by Gasteiger charge is 2.29. The van der Waals surface area contributed by atoms with Gasteiger partial charge < -0.3 is 9.64 Å². The van der Waals surface area contributed by atoms with Gasteiger partial charge in [0.1, 0.15) is 0 Å². The van der Waals surface area contributed by atoms with Crippen LogP contribution >= 0.6 is 0 Å². The molecule has 0 radical (unpaired) electrons. The van der Waals surface area contributed by atoms with Gasteiger partial charge in [-0.1, -0.05) is 34.6 Å². The summed E-state index contributed by atoms with van der Waals surface area (Å²) in [6.07, 6.45) is 1.05. The number of rotatable bonds is 1. The van der Waals surface area contributed by atoms with Crippen molar-refractivity contribution in [2.75, 3.05) is 20.2 Å². The number of ether oxygens (including phenoxy) is 1. The third-order valence-corrected chi connectivity index (χ3v) is 3.07. The zero-order chi connectivity index (χ0) is 12.7. The Morgan fingerprint density at radius 3 is 2.31 bits per heavy atom. The molecule has 0 aromatic rings. The van der Waals surface area contributed by atoms with E-state index in [-0.39, 0.29) is 6.09 Å². The van der Waals surface area contributed by atoms with Crippen LogP contribution in [0.3, 0.4) is 0 Å². The second-order valence-electron chi connectivity index (χ2n) is 4.72. The molecule has 0 bridgehead atoms. The van der Waals surface area contributed by atoms with Crippen molar-refractivity contribution in [3.05, 3.63) is 0 Å². The van der Waals surface area contributed by atoms with Crippen molar-refractivity contribution in [1.82, 2.24) is 4.90 Å². The summed E-state index contributed by atoms with van der Waals surface area (Å²) in [5.41, 5.74) is 0. The minimum atomic E-state index is -0.179. The number of hydrogen-bond donors (Lipinski definition) is 0. The fourth-order valence-electron chi connectivity index (χ4n) is 2.16. The van der Waals surface area contributed by atoms with Crippen molar-refractivity contribution < 1.29 is 9.53 Å². The maximum Gasteiger partial charge on any atom is 0.409 e. The topological polar surface area (TPSA) is 29.5 Å². The van der Waals surface area contributed by atoms with E-state index in [1.165, 1.54) is 13.5 Å². The first-order valence-corrected chi connectivity index (χ1v) is 6.37. The van der Waals surface area contributed by atoms with Gasteiger partial charge in [-0.25, -0.2) is 4.79 Å². The summed E-state index contributed by atoms with van der Waals surface area (Å²) in [5.74, 6) is 1.86. The molecule has 0 saturated carbocycles. The molecule has 1 aliphatic rings. The monoisotopic (exact) mass is 229 g/mol. The van der Waals surface area contributed by atoms with E-state index in [9.17, 15) is 4.79 Å². The highest BCUT2D eigenvalue weighted by molar-refractivity contribution is 5.67. The fourth-order valence-corrected chi connectivity index (χ4v) is 2.16. The number of nitrogens with zero attached hydrogens (tertiary/aromatic N) is 1. The number of likely N-dealkylation sites (tertiary alicyclic amines) is 1. The maximum atomic E-state index is 11.4. The predicted molar refractivity (Wildman–Crippen MR) is 67.4 cm³/mol. The molecule has 96 valence electrons. The van der Waals surface area contributed by atoms with E-state index in [4.69, 9.17) is 4.74 Å². The van der Waals surface area contributed by atoms with Gasteiger partial charge in [0.25, 0.3) is 0 Å². The molecule has 1 aliphatic heterocycles. The molecule has 1 amide bonds. The SMILES string of the molecule is CC.COC(=O)N1CC(C)CC(C(C)C)C1. The lowest BCUT2D eigenvalue weighted by molar-refractivity contribution is 0.0764. The predicted octanol–water partition coefficient (Wildman–Crippen LogP) is 3.39. The first kappa shape index (κ1) is 15.3. The Kier molecular flexibility index (Phi) is 7.18. The largest absolute Gasteiger partial charge is 0.453 e. The zero-order valence-corrected chi connectivity index (χ0v) is 11.6. The molecule has 1 heterocycles. The van der Waals surface area contributed by atoms with Gasteiger partial charge in [0, 0.05) is 13.1 Å². The van der Waals surface area contributed by atoms with Crippen LogP contribution in [-0.4, -0.2) is 31.2 Å². The van der Waals surface area contributed by atoms with Crippen LogP contribution in [0.4, 0.5) is 4.79 Å². The van der Waals surface area contributed by atoms with E-state index in [0.717, 1.165) is 13.1 Å². The molecule has 2 unspecified atom stereocenters. The van der Waals surface area contributed by atoms with E-state index in [0.29, 0.717) is 17.8 Å². The van der Waals surface area contributed by atoms with Gasteiger partial charge in [-0.05, 0) is 24.2 Å². The van der Waals surface area contributed by atoms with Crippen LogP contribution in [0.2, 0.25) is 0 Å². The molecule has 1 rings (SSSR count). The lowest BCUT2D eigenvalue weighted by Gasteiger charge is -2.37. The minimum absolute atomic E-state index is 0.179. The summed E-state index contributed by atoms with van der Waals surface area (Å²) in [5, 5.41) is 0. The Morgan fingerprint density at radius 2 is 1.88 bits per heavy atom. The number of carbonyl (C=O) groups excluding carboxylic acids is 1. The molecule has 1 saturated heterocycles. The normalized spacial score (nSPS) is 24.8. The molecular weight excluding hydrogens is 202 g/mol. The molecule has 0 spiro atoms. The summed E-state index contributed by atoms with van der Waals surface area (Å²) in [4.78, 5) is 13.2. The Labute approximate surface area is 100 Å². The smallest absolute Gasteiger partial charge is 0.409 e. The first-order chi connectivity index (χ1) is 7.54. The lowest BCUT2D eigenvalue weighted by Crippen LogP contribution is -2.44. The summed E-state index contributed by atoms with van der Waals surface area (Å²) in [6.45, 7) is 12.3. The van der Waals surface area contributed by atoms with Gasteiger partial charge in [0.05, 0.1) is 7.11 Å². The standard InChI is InChI=1S/C11H21NO2.C2H6/c1-8(2)10-5-9(3)6-12(7-10)11(13)14-4;1-2/h8-10H,5-7H2,1-4H3;1-2H3. The van der Waals surface area contributed by atoms with E-state index in [2.05, 4.69) is 20.8 Å². The molecule has 16 heavy (non-hydrogen) atoms. The average Bonchev–Trinajstić information content (AvgIpc) is 2.29. The quantitative estimate of drug-likeness (QED) is 0.689. The molecule has 1 fully saturated rings. The van der Waals surface area contributed by atoms with Crippen molar-refractivity contribution in [2.45, 2.75) is 41.0 Å². The van der Waals surface area contributed by atoms with Crippen LogP contribution < -0.4 is 0 Å². The summed E-state index contributed by atoms with van der Waals surface area (Å²) >= 11 is 0. The maximum absolute atomic E-state index is 11.4. The highest BCUT2D eigenvalue weighted by atomic mass is 16.5. The number of hydrogen-bond acceptors (Lipinski definition) is 2. The first-order valence-electron chi connectivity index (χ1n) is 6.37. The molecule has 0 aromatic carbocycles. The van der Waals surface area contributed by atoms with E-state index in [1.807, 2.05) is 18.7 Å². The van der Waals surface area contributed by atoms with Crippen molar-refractivity contribution in [3.63, 3.8) is 0 Å². The Bertz CT molecular complexity index is 204. The molecule has 0 aliphatic carbocycles. The van der Waals surface area contributed by atoms with Crippen LogP contribution in [0.1, 0.15) is 41.0 Å². The second kappa shape index (κ2) is 7.53. The number of methoxy groups -OCH3 is 1. The van der Waals surface area contributed by atoms with Crippen molar-refractivity contribution in [2.24, 2.45) is 17.8 Å². The van der Waals surface area contributed by atoms with Gasteiger partial charge in [-0.3, -0.25) is 0 Å². The Morgan fingerprint density at radius 1 is 1.31 bits per heavy atom. The number of carbonyl (C=O) groups is 1. The lowest BCUT2D eigenvalue weighted by atomic mass is 9.83. The van der Waals surface area contributed by atoms with Gasteiger partial charge >= 0.3 is 6.09 Å². The van der Waals surface area contributed by atoms with E-state index < -0.39 is 0 Å². The molecule has 0 N–H and O–H groups in total. The number of amides is 1. The summed E-state index contributed by atoms with van der Waals surface area (Å²) in [6, 6.07) is 0. The fraction of sp³-hybridized carbons (Fsp3) is 0.923. The molecule has 3 nitrogen and oxygen atoms in total. The summed E-state index contributed by atoms with van der Waals surface area (Å²) in [7, 11) is 1.45. The van der Waals surface area contributed by atoms with Crippen molar-refractivity contribution >= 4 is 6.09 Å². The number of piperidine rings is 1. The van der Waals surface area contributed by atoms with Gasteiger partial charge in [0.15, 0.2) is 0 Å². The van der Waals surface area contributed by atoms with Crippen LogP contribution in [0.5, 0.6) is 0 Å². The van der Waals surface area contributed by atoms with Crippen LogP contribution in [0.15, 0.2) is 0 Å². The third-order valence-electron chi connectivity index (χ3n) is 3.07. The zero-order valence-electron chi connectivity index (χ0n) is 11.6. The van der Waals surface area contributed by atoms with Crippen molar-refractivity contribution in [1.29, 1.82) is 0 Å². The van der Waals surface area contributed by atoms with Gasteiger partial charge in [-0.15, -0.1) is 0 Å². The van der Waals surface area contributed by atoms with E-state index in [1.54, 1.807) is 0 Å². The molecule has 0 aromatic heterocycles. The molecular formula is C13H27NO2. The van der Waals surface area contributed by atoms with Crippen LogP contribution in [0, 0.1) is 17.8 Å². The molecule has 2 atom stereocenters. The summed E-state index contributed by atoms with van der Waals surface area (Å²) < 4.78 is 4.75. The van der Waals surface area contributed by atoms with Crippen LogP contribution in [0.25, 0.3) is 0 Å². The van der Waals surface area contributed by atoms with Crippen molar-refractivity contribution in [3.8, 4) is 0 Å². The second-order valence-corrected chi connectivity index (χ2v) is 4.72. The Hall–Kier alpha value is -0.730. The van der Waals surface area contributed by atoms with E-state index >= 15 is 0 Å². The molecule has 3 heteroatoms. The minimum Gasteiger partial charge on any atom is -0.453 e. The van der Waals surface area contributed by atoms with Gasteiger partial charge in [0.2, 0.25) is 0 Å². The highest BCUT2D eigenvalue weighted by Crippen LogP contribution is 2.27.